The van der Waals surface area contributed by atoms with Gasteiger partial charge in [0, 0.05) is 11.4 Å². The second-order valence-electron chi connectivity index (χ2n) is 8.70. The molecule has 0 radical (unpaired) electrons. The molecule has 37 heavy (non-hydrogen) atoms. The van der Waals surface area contributed by atoms with Crippen molar-refractivity contribution in [3.8, 4) is 0 Å². The first kappa shape index (κ1) is 23.9. The molecule has 3 amide bonds. The van der Waals surface area contributed by atoms with Gasteiger partial charge in [-0.3, -0.25) is 19.5 Å². The maximum absolute atomic E-state index is 13.1. The molecule has 10 nitrogen and oxygen atoms in total. The van der Waals surface area contributed by atoms with Crippen LogP contribution in [0.2, 0.25) is 0 Å². The molecular formula is C26H22N6O4S. The topological polar surface area (TPSA) is 142 Å². The molecule has 0 atom stereocenters. The highest BCUT2D eigenvalue weighted by Gasteiger charge is 2.26. The standard InChI is InChI=1S/C26H22N6O4S/c1-26(2,15-8-4-3-5-9-15)30-25(35)20-12-18-21(36-20)22(32-31-18)29-23(33)16-10-6-7-11-17(16)28-24(34)19-13-37-14-27-19/h3-14H,1-2H3,(H,28,34)(H,30,35)(H2,29,31,32,33). The lowest BCUT2D eigenvalue weighted by Crippen LogP contribution is -2.40. The summed E-state index contributed by atoms with van der Waals surface area (Å²) in [4.78, 5) is 42.4. The molecule has 0 saturated heterocycles. The number of benzene rings is 2. The van der Waals surface area contributed by atoms with Gasteiger partial charge in [-0.05, 0) is 31.5 Å². The number of carbonyl (C=O) groups excluding carboxylic acids is 3. The van der Waals surface area contributed by atoms with Crippen molar-refractivity contribution in [3.05, 3.63) is 94.1 Å². The predicted molar refractivity (Wildman–Crippen MR) is 140 cm³/mol. The molecule has 0 unspecified atom stereocenters. The fourth-order valence-corrected chi connectivity index (χ4v) is 4.29. The number of nitrogens with zero attached hydrogens (tertiary/aromatic N) is 2. The predicted octanol–water partition coefficient (Wildman–Crippen LogP) is 4.78. The first-order chi connectivity index (χ1) is 17.8. The Balaban J connectivity index is 1.33. The number of amides is 3. The summed E-state index contributed by atoms with van der Waals surface area (Å²) in [7, 11) is 0. The number of fused-ring (bicyclic) bond motifs is 1. The summed E-state index contributed by atoms with van der Waals surface area (Å²) in [5.74, 6) is -1.18. The lowest BCUT2D eigenvalue weighted by Gasteiger charge is -2.26. The lowest BCUT2D eigenvalue weighted by molar-refractivity contribution is 0.0885. The van der Waals surface area contributed by atoms with Crippen LogP contribution in [0.1, 0.15) is 50.8 Å². The summed E-state index contributed by atoms with van der Waals surface area (Å²) in [6.07, 6.45) is 0. The van der Waals surface area contributed by atoms with Crippen molar-refractivity contribution in [1.82, 2.24) is 20.5 Å². The van der Waals surface area contributed by atoms with E-state index in [0.29, 0.717) is 11.2 Å². The Morgan fingerprint density at radius 2 is 1.70 bits per heavy atom. The van der Waals surface area contributed by atoms with Gasteiger partial charge in [-0.1, -0.05) is 42.5 Å². The number of hydrogen-bond donors (Lipinski definition) is 4. The zero-order chi connectivity index (χ0) is 26.0. The molecule has 0 bridgehead atoms. The van der Waals surface area contributed by atoms with Gasteiger partial charge < -0.3 is 20.4 Å². The van der Waals surface area contributed by atoms with Crippen molar-refractivity contribution in [2.75, 3.05) is 10.6 Å². The number of furan rings is 1. The van der Waals surface area contributed by atoms with Gasteiger partial charge >= 0.3 is 0 Å². The minimum atomic E-state index is -0.638. The Morgan fingerprint density at radius 1 is 0.946 bits per heavy atom. The molecule has 4 N–H and O–H groups in total. The van der Waals surface area contributed by atoms with Gasteiger partial charge in [0.2, 0.25) is 0 Å². The van der Waals surface area contributed by atoms with E-state index in [2.05, 4.69) is 31.1 Å². The first-order valence-electron chi connectivity index (χ1n) is 11.3. The normalized spacial score (nSPS) is 11.3. The monoisotopic (exact) mass is 514 g/mol. The van der Waals surface area contributed by atoms with E-state index in [9.17, 15) is 14.4 Å². The van der Waals surface area contributed by atoms with Gasteiger partial charge in [0.05, 0.1) is 22.3 Å². The molecule has 0 saturated carbocycles. The zero-order valence-electron chi connectivity index (χ0n) is 19.9. The summed E-state index contributed by atoms with van der Waals surface area (Å²) < 4.78 is 5.77. The molecule has 0 aliphatic rings. The average Bonchev–Trinajstić information content (AvgIpc) is 3.64. The number of thiazole rings is 1. The summed E-state index contributed by atoms with van der Waals surface area (Å²) in [5, 5.41) is 16.8. The van der Waals surface area contributed by atoms with Crippen molar-refractivity contribution in [2.45, 2.75) is 19.4 Å². The SMILES string of the molecule is CC(C)(NC(=O)c1cc2[nH]nc(NC(=O)c3ccccc3NC(=O)c3cscn3)c2o1)c1ccccc1. The van der Waals surface area contributed by atoms with E-state index in [4.69, 9.17) is 4.42 Å². The second-order valence-corrected chi connectivity index (χ2v) is 9.42. The quantitative estimate of drug-likeness (QED) is 0.246. The number of aromatic nitrogens is 3. The number of nitrogens with one attached hydrogen (secondary N) is 4. The minimum absolute atomic E-state index is 0.0686. The van der Waals surface area contributed by atoms with Crippen LogP contribution in [0.3, 0.4) is 0 Å². The van der Waals surface area contributed by atoms with Crippen molar-refractivity contribution >= 4 is 51.7 Å². The van der Waals surface area contributed by atoms with Crippen LogP contribution in [0.25, 0.3) is 11.1 Å². The van der Waals surface area contributed by atoms with Crippen LogP contribution >= 0.6 is 11.3 Å². The molecule has 186 valence electrons. The van der Waals surface area contributed by atoms with Gasteiger partial charge in [-0.15, -0.1) is 11.3 Å². The van der Waals surface area contributed by atoms with E-state index in [0.717, 1.165) is 5.56 Å². The molecule has 0 spiro atoms. The van der Waals surface area contributed by atoms with Crippen LogP contribution in [0.15, 0.2) is 76.0 Å². The summed E-state index contributed by atoms with van der Waals surface area (Å²) in [5.41, 5.74) is 3.31. The van der Waals surface area contributed by atoms with Crippen LogP contribution in [0.4, 0.5) is 11.5 Å². The van der Waals surface area contributed by atoms with Crippen LogP contribution in [-0.4, -0.2) is 32.9 Å². The Labute approximate surface area is 215 Å². The molecular weight excluding hydrogens is 492 g/mol. The summed E-state index contributed by atoms with van der Waals surface area (Å²) in [6.45, 7) is 3.79. The van der Waals surface area contributed by atoms with Crippen LogP contribution in [-0.2, 0) is 5.54 Å². The van der Waals surface area contributed by atoms with E-state index >= 15 is 0 Å². The molecule has 5 aromatic rings. The molecule has 2 aromatic carbocycles. The van der Waals surface area contributed by atoms with E-state index < -0.39 is 23.3 Å². The smallest absolute Gasteiger partial charge is 0.287 e. The van der Waals surface area contributed by atoms with Crippen molar-refractivity contribution < 1.29 is 18.8 Å². The van der Waals surface area contributed by atoms with Crippen molar-refractivity contribution in [1.29, 1.82) is 0 Å². The highest BCUT2D eigenvalue weighted by atomic mass is 32.1. The molecule has 0 fully saturated rings. The largest absolute Gasteiger partial charge is 0.445 e. The van der Waals surface area contributed by atoms with Crippen molar-refractivity contribution in [3.63, 3.8) is 0 Å². The number of para-hydroxylation sites is 1. The van der Waals surface area contributed by atoms with E-state index in [-0.39, 0.29) is 28.4 Å². The number of H-pyrrole nitrogens is 1. The van der Waals surface area contributed by atoms with E-state index in [1.807, 2.05) is 44.2 Å². The van der Waals surface area contributed by atoms with E-state index in [1.165, 1.54) is 17.4 Å². The van der Waals surface area contributed by atoms with Crippen LogP contribution < -0.4 is 16.0 Å². The molecule has 0 aliphatic carbocycles. The Kier molecular flexibility index (Phi) is 6.28. The minimum Gasteiger partial charge on any atom is -0.445 e. The number of carbonyl (C=O) groups is 3. The van der Waals surface area contributed by atoms with Crippen LogP contribution in [0.5, 0.6) is 0 Å². The number of rotatable bonds is 7. The average molecular weight is 515 g/mol. The third-order valence-electron chi connectivity index (χ3n) is 5.70. The third kappa shape index (κ3) is 4.98. The highest BCUT2D eigenvalue weighted by molar-refractivity contribution is 7.07. The zero-order valence-corrected chi connectivity index (χ0v) is 20.7. The first-order valence-corrected chi connectivity index (χ1v) is 12.2. The summed E-state index contributed by atoms with van der Waals surface area (Å²) in [6, 6.07) is 17.7. The molecule has 11 heteroatoms. The van der Waals surface area contributed by atoms with Gasteiger partial charge in [-0.25, -0.2) is 4.98 Å². The number of aromatic amines is 1. The number of hydrogen-bond acceptors (Lipinski definition) is 7. The van der Waals surface area contributed by atoms with Gasteiger partial charge in [0.25, 0.3) is 17.7 Å². The van der Waals surface area contributed by atoms with Crippen molar-refractivity contribution in [2.24, 2.45) is 0 Å². The maximum atomic E-state index is 13.1. The lowest BCUT2D eigenvalue weighted by atomic mass is 9.94. The van der Waals surface area contributed by atoms with Gasteiger partial charge in [0.1, 0.15) is 11.2 Å². The summed E-state index contributed by atoms with van der Waals surface area (Å²) >= 11 is 1.30. The molecule has 0 aliphatic heterocycles. The molecule has 3 heterocycles. The fourth-order valence-electron chi connectivity index (χ4n) is 3.76. The van der Waals surface area contributed by atoms with E-state index in [1.54, 1.807) is 35.2 Å². The van der Waals surface area contributed by atoms with Gasteiger partial charge in [0.15, 0.2) is 17.2 Å². The Bertz CT molecular complexity index is 1590. The van der Waals surface area contributed by atoms with Crippen LogP contribution in [0, 0.1) is 0 Å². The molecule has 5 rings (SSSR count). The molecule has 3 aromatic heterocycles. The number of anilines is 2. The Morgan fingerprint density at radius 3 is 2.46 bits per heavy atom. The maximum Gasteiger partial charge on any atom is 0.287 e. The second kappa shape index (κ2) is 9.70. The Hall–Kier alpha value is -4.77. The third-order valence-corrected chi connectivity index (χ3v) is 6.28. The fraction of sp³-hybridized carbons (Fsp3) is 0.115. The highest BCUT2D eigenvalue weighted by Crippen LogP contribution is 2.27. The van der Waals surface area contributed by atoms with Gasteiger partial charge in [-0.2, -0.15) is 5.10 Å².